The fourth-order valence-corrected chi connectivity index (χ4v) is 1.73. The maximum absolute atomic E-state index is 10.1. The van der Waals surface area contributed by atoms with Crippen molar-refractivity contribution < 1.29 is 5.11 Å². The minimum Gasteiger partial charge on any atom is -0.386 e. The number of nitrogens with zero attached hydrogens (tertiary/aromatic N) is 1. The molecule has 2 rings (SSSR count). The molecule has 1 aromatic rings. The Bertz CT molecular complexity index is 364. The summed E-state index contributed by atoms with van der Waals surface area (Å²) >= 11 is 0. The van der Waals surface area contributed by atoms with Crippen molar-refractivity contribution in [2.24, 2.45) is 4.99 Å². The minimum atomic E-state index is -0.522. The van der Waals surface area contributed by atoms with Crippen molar-refractivity contribution >= 4 is 5.96 Å². The highest BCUT2D eigenvalue weighted by atomic mass is 16.3. The molecule has 4 nitrogen and oxygen atoms in total. The van der Waals surface area contributed by atoms with Crippen LogP contribution in [0.25, 0.3) is 0 Å². The highest BCUT2D eigenvalue weighted by molar-refractivity contribution is 5.81. The van der Waals surface area contributed by atoms with Gasteiger partial charge in [-0.2, -0.15) is 0 Å². The van der Waals surface area contributed by atoms with Crippen LogP contribution in [0.15, 0.2) is 35.3 Å². The molecule has 0 amide bonds. The van der Waals surface area contributed by atoms with Crippen molar-refractivity contribution in [3.63, 3.8) is 0 Å². The van der Waals surface area contributed by atoms with Gasteiger partial charge in [0.15, 0.2) is 5.96 Å². The lowest BCUT2D eigenvalue weighted by atomic mass is 10.0. The van der Waals surface area contributed by atoms with Crippen LogP contribution in [0.3, 0.4) is 0 Å². The number of rotatable bonds is 3. The van der Waals surface area contributed by atoms with Crippen LogP contribution in [0, 0.1) is 0 Å². The Morgan fingerprint density at radius 1 is 1.38 bits per heavy atom. The first-order valence-electron chi connectivity index (χ1n) is 5.55. The first-order valence-corrected chi connectivity index (χ1v) is 5.55. The molecule has 0 fully saturated rings. The molecule has 0 saturated carbocycles. The molecular formula is C12H17N3O. The molecule has 0 bridgehead atoms. The molecule has 2 atom stereocenters. The monoisotopic (exact) mass is 219 g/mol. The van der Waals surface area contributed by atoms with Gasteiger partial charge < -0.3 is 15.7 Å². The van der Waals surface area contributed by atoms with E-state index in [1.54, 1.807) is 0 Å². The predicted octanol–water partition coefficient (Wildman–Crippen LogP) is 0.657. The largest absolute Gasteiger partial charge is 0.386 e. The van der Waals surface area contributed by atoms with E-state index in [2.05, 4.69) is 15.6 Å². The Labute approximate surface area is 95.4 Å². The summed E-state index contributed by atoms with van der Waals surface area (Å²) in [6, 6.07) is 9.58. The van der Waals surface area contributed by atoms with Crippen molar-refractivity contribution in [3.05, 3.63) is 35.9 Å². The van der Waals surface area contributed by atoms with Gasteiger partial charge in [-0.05, 0) is 12.5 Å². The summed E-state index contributed by atoms with van der Waals surface area (Å²) in [7, 11) is 0. The van der Waals surface area contributed by atoms with Gasteiger partial charge >= 0.3 is 0 Å². The quantitative estimate of drug-likeness (QED) is 0.700. The first kappa shape index (κ1) is 11.0. The number of nitrogens with one attached hydrogen (secondary N) is 2. The van der Waals surface area contributed by atoms with Gasteiger partial charge in [0, 0.05) is 6.54 Å². The molecule has 1 heterocycles. The topological polar surface area (TPSA) is 56.7 Å². The Morgan fingerprint density at radius 3 is 2.75 bits per heavy atom. The number of aliphatic imine (C=N–C) groups is 1. The fourth-order valence-electron chi connectivity index (χ4n) is 1.73. The molecule has 1 aliphatic heterocycles. The lowest BCUT2D eigenvalue weighted by molar-refractivity contribution is 0.145. The van der Waals surface area contributed by atoms with Crippen LogP contribution in [0.4, 0.5) is 0 Å². The highest BCUT2D eigenvalue weighted by Crippen LogP contribution is 2.15. The van der Waals surface area contributed by atoms with Crippen molar-refractivity contribution in [2.45, 2.75) is 19.1 Å². The van der Waals surface area contributed by atoms with Gasteiger partial charge in [-0.15, -0.1) is 0 Å². The third kappa shape index (κ3) is 2.52. The van der Waals surface area contributed by atoms with E-state index in [1.165, 1.54) is 0 Å². The Kier molecular flexibility index (Phi) is 3.41. The van der Waals surface area contributed by atoms with E-state index in [1.807, 2.05) is 37.3 Å². The van der Waals surface area contributed by atoms with Crippen molar-refractivity contribution in [2.75, 3.05) is 13.1 Å². The Balaban J connectivity index is 1.96. The summed E-state index contributed by atoms with van der Waals surface area (Å²) in [6.45, 7) is 3.62. The zero-order valence-corrected chi connectivity index (χ0v) is 9.35. The smallest absolute Gasteiger partial charge is 0.191 e. The molecule has 2 unspecified atom stereocenters. The predicted molar refractivity (Wildman–Crippen MR) is 64.3 cm³/mol. The molecule has 3 N–H and O–H groups in total. The highest BCUT2D eigenvalue weighted by Gasteiger charge is 2.18. The average molecular weight is 219 g/mol. The van der Waals surface area contributed by atoms with Gasteiger partial charge in [0.2, 0.25) is 0 Å². The van der Waals surface area contributed by atoms with Gasteiger partial charge in [-0.25, -0.2) is 0 Å². The number of benzene rings is 1. The third-order valence-corrected chi connectivity index (χ3v) is 2.65. The van der Waals surface area contributed by atoms with Crippen LogP contribution in [0.2, 0.25) is 0 Å². The van der Waals surface area contributed by atoms with Gasteiger partial charge in [-0.1, -0.05) is 30.3 Å². The summed E-state index contributed by atoms with van der Waals surface area (Å²) in [5, 5.41) is 16.4. The number of hydrogen-bond donors (Lipinski definition) is 3. The standard InChI is InChI=1S/C12H17N3O/c1-9(15-12-13-7-8-14-12)11(16)10-5-3-2-4-6-10/h2-6,9,11,16H,7-8H2,1H3,(H2,13,14,15). The second kappa shape index (κ2) is 4.99. The van der Waals surface area contributed by atoms with E-state index in [9.17, 15) is 5.11 Å². The van der Waals surface area contributed by atoms with Crippen LogP contribution in [0.1, 0.15) is 18.6 Å². The van der Waals surface area contributed by atoms with Crippen LogP contribution in [0.5, 0.6) is 0 Å². The number of guanidine groups is 1. The van der Waals surface area contributed by atoms with Gasteiger partial charge in [-0.3, -0.25) is 4.99 Å². The minimum absolute atomic E-state index is 0.0632. The lowest BCUT2D eigenvalue weighted by Crippen LogP contribution is -2.42. The van der Waals surface area contributed by atoms with E-state index in [4.69, 9.17) is 0 Å². The summed E-state index contributed by atoms with van der Waals surface area (Å²) in [4.78, 5) is 4.24. The lowest BCUT2D eigenvalue weighted by Gasteiger charge is -2.21. The zero-order valence-electron chi connectivity index (χ0n) is 9.35. The van der Waals surface area contributed by atoms with Gasteiger partial charge in [0.1, 0.15) is 0 Å². The van der Waals surface area contributed by atoms with Crippen LogP contribution in [-0.2, 0) is 0 Å². The van der Waals surface area contributed by atoms with Crippen molar-refractivity contribution in [1.29, 1.82) is 0 Å². The normalized spacial score (nSPS) is 18.5. The number of hydrogen-bond acceptors (Lipinski definition) is 4. The molecule has 0 aliphatic carbocycles. The molecule has 1 aromatic carbocycles. The number of aliphatic hydroxyl groups is 1. The molecule has 1 aliphatic rings. The summed E-state index contributed by atoms with van der Waals surface area (Å²) in [5.41, 5.74) is 0.918. The maximum atomic E-state index is 10.1. The van der Waals surface area contributed by atoms with E-state index in [-0.39, 0.29) is 6.04 Å². The average Bonchev–Trinajstić information content (AvgIpc) is 2.82. The van der Waals surface area contributed by atoms with Gasteiger partial charge in [0.05, 0.1) is 18.7 Å². The second-order valence-electron chi connectivity index (χ2n) is 3.95. The maximum Gasteiger partial charge on any atom is 0.191 e. The summed E-state index contributed by atoms with van der Waals surface area (Å²) in [6.07, 6.45) is -0.522. The number of aliphatic hydroxyl groups excluding tert-OH is 1. The summed E-state index contributed by atoms with van der Waals surface area (Å²) in [5.74, 6) is 0.780. The molecule has 16 heavy (non-hydrogen) atoms. The Morgan fingerprint density at radius 2 is 2.12 bits per heavy atom. The Hall–Kier alpha value is -1.55. The molecule has 4 heteroatoms. The second-order valence-corrected chi connectivity index (χ2v) is 3.95. The van der Waals surface area contributed by atoms with Crippen molar-refractivity contribution in [3.8, 4) is 0 Å². The van der Waals surface area contributed by atoms with E-state index >= 15 is 0 Å². The van der Waals surface area contributed by atoms with Crippen molar-refractivity contribution in [1.82, 2.24) is 10.6 Å². The van der Waals surface area contributed by atoms with Crippen LogP contribution < -0.4 is 10.6 Å². The van der Waals surface area contributed by atoms with E-state index in [0.717, 1.165) is 24.6 Å². The first-order chi connectivity index (χ1) is 7.77. The molecule has 0 radical (unpaired) electrons. The molecular weight excluding hydrogens is 202 g/mol. The van der Waals surface area contributed by atoms with E-state index < -0.39 is 6.10 Å². The zero-order chi connectivity index (χ0) is 11.4. The SMILES string of the molecule is CC(NC1=NCCN1)C(O)c1ccccc1. The third-order valence-electron chi connectivity index (χ3n) is 2.65. The molecule has 0 aromatic heterocycles. The van der Waals surface area contributed by atoms with Gasteiger partial charge in [0.25, 0.3) is 0 Å². The molecule has 0 saturated heterocycles. The summed E-state index contributed by atoms with van der Waals surface area (Å²) < 4.78 is 0. The van der Waals surface area contributed by atoms with Crippen LogP contribution >= 0.6 is 0 Å². The van der Waals surface area contributed by atoms with Crippen LogP contribution in [-0.4, -0.2) is 30.2 Å². The molecule has 86 valence electrons. The molecule has 0 spiro atoms. The van der Waals surface area contributed by atoms with E-state index in [0.29, 0.717) is 0 Å². The fraction of sp³-hybridized carbons (Fsp3) is 0.417.